The van der Waals surface area contributed by atoms with E-state index in [2.05, 4.69) is 43.4 Å². The second-order valence-corrected chi connectivity index (χ2v) is 4.42. The summed E-state index contributed by atoms with van der Waals surface area (Å²) in [7, 11) is 0. The van der Waals surface area contributed by atoms with E-state index in [1.54, 1.807) is 0 Å². The molecule has 3 heteroatoms. The van der Waals surface area contributed by atoms with E-state index in [4.69, 9.17) is 10.8 Å². The molecule has 0 saturated heterocycles. The van der Waals surface area contributed by atoms with Crippen molar-refractivity contribution >= 4 is 0 Å². The number of rotatable bonds is 7. The van der Waals surface area contributed by atoms with Gasteiger partial charge in [0.2, 0.25) is 0 Å². The maximum atomic E-state index is 8.92. The Bertz CT molecular complexity index is 328. The fourth-order valence-corrected chi connectivity index (χ4v) is 2.10. The van der Waals surface area contributed by atoms with Gasteiger partial charge in [0.05, 0.1) is 0 Å². The van der Waals surface area contributed by atoms with E-state index in [-0.39, 0.29) is 18.7 Å². The van der Waals surface area contributed by atoms with Crippen LogP contribution in [0.1, 0.15) is 37.4 Å². The Kier molecular flexibility index (Phi) is 6.19. The van der Waals surface area contributed by atoms with Crippen molar-refractivity contribution in [1.29, 1.82) is 0 Å². The van der Waals surface area contributed by atoms with Crippen LogP contribution < -0.4 is 11.1 Å². The van der Waals surface area contributed by atoms with Crippen molar-refractivity contribution in [1.82, 2.24) is 5.32 Å². The van der Waals surface area contributed by atoms with Crippen molar-refractivity contribution in [3.05, 3.63) is 35.4 Å². The zero-order valence-corrected chi connectivity index (χ0v) is 10.8. The Morgan fingerprint density at radius 1 is 1.35 bits per heavy atom. The first-order valence-corrected chi connectivity index (χ1v) is 6.37. The average molecular weight is 236 g/mol. The largest absolute Gasteiger partial charge is 0.396 e. The molecule has 1 rings (SSSR count). The van der Waals surface area contributed by atoms with Gasteiger partial charge in [-0.25, -0.2) is 0 Å². The number of aryl methyl sites for hydroxylation is 1. The number of nitrogens with one attached hydrogen (secondary N) is 1. The maximum Gasteiger partial charge on any atom is 0.0449 e. The minimum atomic E-state index is 0.174. The summed E-state index contributed by atoms with van der Waals surface area (Å²) in [5.74, 6) is 0. The molecule has 96 valence electrons. The van der Waals surface area contributed by atoms with Gasteiger partial charge in [-0.15, -0.1) is 0 Å². The summed E-state index contributed by atoms with van der Waals surface area (Å²) >= 11 is 0. The Morgan fingerprint density at radius 3 is 2.65 bits per heavy atom. The zero-order valence-electron chi connectivity index (χ0n) is 10.8. The highest BCUT2D eigenvalue weighted by Gasteiger charge is 2.14. The first kappa shape index (κ1) is 14.2. The molecule has 0 heterocycles. The van der Waals surface area contributed by atoms with Gasteiger partial charge in [-0.05, 0) is 30.9 Å². The molecular formula is C14H24N2O. The molecule has 2 unspecified atom stereocenters. The van der Waals surface area contributed by atoms with Crippen LogP contribution in [0.25, 0.3) is 0 Å². The van der Waals surface area contributed by atoms with Crippen LogP contribution in [0.5, 0.6) is 0 Å². The zero-order chi connectivity index (χ0) is 12.7. The number of nitrogens with two attached hydrogens (primary N) is 1. The normalized spacial score (nSPS) is 14.6. The lowest BCUT2D eigenvalue weighted by Crippen LogP contribution is -2.36. The molecule has 1 aromatic carbocycles. The van der Waals surface area contributed by atoms with Crippen LogP contribution >= 0.6 is 0 Å². The topological polar surface area (TPSA) is 58.3 Å². The van der Waals surface area contributed by atoms with E-state index in [0.29, 0.717) is 6.54 Å². The van der Waals surface area contributed by atoms with Crippen molar-refractivity contribution in [2.24, 2.45) is 5.73 Å². The van der Waals surface area contributed by atoms with Gasteiger partial charge >= 0.3 is 0 Å². The van der Waals surface area contributed by atoms with E-state index in [1.165, 1.54) is 11.1 Å². The molecule has 0 aliphatic carbocycles. The van der Waals surface area contributed by atoms with Crippen LogP contribution in [-0.4, -0.2) is 24.3 Å². The van der Waals surface area contributed by atoms with Crippen molar-refractivity contribution in [3.63, 3.8) is 0 Å². The highest BCUT2D eigenvalue weighted by molar-refractivity contribution is 5.30. The van der Waals surface area contributed by atoms with Crippen molar-refractivity contribution < 1.29 is 5.11 Å². The van der Waals surface area contributed by atoms with Crippen molar-refractivity contribution in [3.8, 4) is 0 Å². The summed E-state index contributed by atoms with van der Waals surface area (Å²) in [5, 5.41) is 12.4. The van der Waals surface area contributed by atoms with Gasteiger partial charge in [-0.3, -0.25) is 0 Å². The van der Waals surface area contributed by atoms with E-state index >= 15 is 0 Å². The molecular weight excluding hydrogens is 212 g/mol. The number of benzene rings is 1. The Hall–Kier alpha value is -0.900. The number of hydrogen-bond acceptors (Lipinski definition) is 3. The number of aliphatic hydroxyl groups is 1. The molecule has 0 fully saturated rings. The smallest absolute Gasteiger partial charge is 0.0449 e. The predicted octanol–water partition coefficient (Wildman–Crippen LogP) is 1.61. The first-order chi connectivity index (χ1) is 8.22. The summed E-state index contributed by atoms with van der Waals surface area (Å²) in [4.78, 5) is 0. The van der Waals surface area contributed by atoms with Gasteiger partial charge in [0.15, 0.2) is 0 Å². The van der Waals surface area contributed by atoms with E-state index in [1.807, 2.05) is 0 Å². The third kappa shape index (κ3) is 4.11. The average Bonchev–Trinajstić information content (AvgIpc) is 2.36. The highest BCUT2D eigenvalue weighted by atomic mass is 16.3. The number of hydrogen-bond donors (Lipinski definition) is 3. The lowest BCUT2D eigenvalue weighted by molar-refractivity contribution is 0.263. The Labute approximate surface area is 104 Å². The lowest BCUT2D eigenvalue weighted by Gasteiger charge is -2.24. The molecule has 0 aliphatic heterocycles. The third-order valence-electron chi connectivity index (χ3n) is 3.09. The quantitative estimate of drug-likeness (QED) is 0.674. The molecule has 4 N–H and O–H groups in total. The van der Waals surface area contributed by atoms with E-state index < -0.39 is 0 Å². The van der Waals surface area contributed by atoms with Gasteiger partial charge in [0, 0.05) is 25.2 Å². The summed E-state index contributed by atoms with van der Waals surface area (Å²) < 4.78 is 0. The maximum absolute atomic E-state index is 8.92. The van der Waals surface area contributed by atoms with Gasteiger partial charge in [-0.2, -0.15) is 0 Å². The Balaban J connectivity index is 2.78. The monoisotopic (exact) mass is 236 g/mol. The van der Waals surface area contributed by atoms with Crippen LogP contribution in [0, 0.1) is 0 Å². The molecule has 2 atom stereocenters. The lowest BCUT2D eigenvalue weighted by atomic mass is 9.98. The fourth-order valence-electron chi connectivity index (χ4n) is 2.10. The first-order valence-electron chi connectivity index (χ1n) is 6.37. The second-order valence-electron chi connectivity index (χ2n) is 4.42. The van der Waals surface area contributed by atoms with Crippen LogP contribution in [0.3, 0.4) is 0 Å². The molecule has 17 heavy (non-hydrogen) atoms. The molecule has 3 nitrogen and oxygen atoms in total. The minimum absolute atomic E-state index is 0.174. The van der Waals surface area contributed by atoms with Crippen molar-refractivity contribution in [2.75, 3.05) is 13.2 Å². The van der Waals surface area contributed by atoms with E-state index in [9.17, 15) is 0 Å². The van der Waals surface area contributed by atoms with Gasteiger partial charge in [-0.1, -0.05) is 31.2 Å². The Morgan fingerprint density at radius 2 is 2.06 bits per heavy atom. The van der Waals surface area contributed by atoms with Crippen molar-refractivity contribution in [2.45, 2.75) is 38.8 Å². The third-order valence-corrected chi connectivity index (χ3v) is 3.09. The SMILES string of the molecule is CCc1ccccc1C(CN)NC(C)CCO. The molecule has 0 spiro atoms. The summed E-state index contributed by atoms with van der Waals surface area (Å²) in [6, 6.07) is 8.85. The minimum Gasteiger partial charge on any atom is -0.396 e. The summed E-state index contributed by atoms with van der Waals surface area (Å²) in [6.07, 6.45) is 1.77. The molecule has 0 aliphatic rings. The molecule has 1 aromatic rings. The van der Waals surface area contributed by atoms with Crippen LogP contribution in [0.2, 0.25) is 0 Å². The summed E-state index contributed by atoms with van der Waals surface area (Å²) in [5.41, 5.74) is 8.47. The molecule has 0 bridgehead atoms. The molecule has 0 radical (unpaired) electrons. The highest BCUT2D eigenvalue weighted by Crippen LogP contribution is 2.18. The number of aliphatic hydroxyl groups excluding tert-OH is 1. The van der Waals surface area contributed by atoms with Gasteiger partial charge < -0.3 is 16.2 Å². The van der Waals surface area contributed by atoms with E-state index in [0.717, 1.165) is 12.8 Å². The standard InChI is InChI=1S/C14H24N2O/c1-3-12-6-4-5-7-13(12)14(10-15)16-11(2)8-9-17/h4-7,11,14,16-17H,3,8-10,15H2,1-2H3. The second kappa shape index (κ2) is 7.43. The predicted molar refractivity (Wildman–Crippen MR) is 71.9 cm³/mol. The van der Waals surface area contributed by atoms with Crippen LogP contribution in [-0.2, 0) is 6.42 Å². The molecule has 0 aromatic heterocycles. The molecule has 0 amide bonds. The fraction of sp³-hybridized carbons (Fsp3) is 0.571. The van der Waals surface area contributed by atoms with Crippen LogP contribution in [0.15, 0.2) is 24.3 Å². The summed E-state index contributed by atoms with van der Waals surface area (Å²) in [6.45, 7) is 5.02. The van der Waals surface area contributed by atoms with Crippen LogP contribution in [0.4, 0.5) is 0 Å². The van der Waals surface area contributed by atoms with Gasteiger partial charge in [0.1, 0.15) is 0 Å². The van der Waals surface area contributed by atoms with Gasteiger partial charge in [0.25, 0.3) is 0 Å². The molecule has 0 saturated carbocycles.